The molecule has 0 amide bonds. The van der Waals surface area contributed by atoms with Gasteiger partial charge in [-0.25, -0.2) is 0 Å². The third kappa shape index (κ3) is 3.92. The fraction of sp³-hybridized carbons (Fsp3) is 0. The van der Waals surface area contributed by atoms with E-state index >= 15 is 0 Å². The highest BCUT2D eigenvalue weighted by Crippen LogP contribution is 2.39. The third-order valence-electron chi connectivity index (χ3n) is 6.14. The minimum Gasteiger partial charge on any atom is -0.537 e. The summed E-state index contributed by atoms with van der Waals surface area (Å²) in [7, 11) is 0.686. The lowest BCUT2D eigenvalue weighted by molar-refractivity contribution is 0.454. The molecule has 0 aliphatic rings. The maximum atomic E-state index is 8.92. The summed E-state index contributed by atoms with van der Waals surface area (Å²) in [5.41, 5.74) is 7.01. The molecule has 1 radical (unpaired) electrons. The van der Waals surface area contributed by atoms with Gasteiger partial charge in [0.15, 0.2) is 0 Å². The number of anilines is 3. The predicted molar refractivity (Wildman–Crippen MR) is 142 cm³/mol. The lowest BCUT2D eigenvalue weighted by Gasteiger charge is -2.25. The summed E-state index contributed by atoms with van der Waals surface area (Å²) in [5.74, 6) is 0.568. The molecule has 35 heavy (non-hydrogen) atoms. The van der Waals surface area contributed by atoms with Crippen molar-refractivity contribution in [1.29, 1.82) is 0 Å². The highest BCUT2D eigenvalue weighted by atomic mass is 16.5. The zero-order valence-electron chi connectivity index (χ0n) is 18.8. The minimum absolute atomic E-state index is 0.568. The maximum Gasteiger partial charge on any atom is 0.569 e. The molecule has 167 valence electrons. The molecular formula is C30H21BNO3. The molecular weight excluding hydrogens is 433 g/mol. The normalized spacial score (nSPS) is 11.0. The van der Waals surface area contributed by atoms with Crippen molar-refractivity contribution < 1.29 is 14.1 Å². The zero-order chi connectivity index (χ0) is 23.6. The molecule has 0 bridgehead atoms. The van der Waals surface area contributed by atoms with Gasteiger partial charge in [0.2, 0.25) is 0 Å². The average molecular weight is 454 g/mol. The lowest BCUT2D eigenvalue weighted by atomic mass is 10.0. The van der Waals surface area contributed by atoms with E-state index in [4.69, 9.17) is 14.1 Å². The zero-order valence-corrected chi connectivity index (χ0v) is 18.8. The van der Waals surface area contributed by atoms with Crippen LogP contribution < -0.4 is 9.55 Å². The molecule has 0 aliphatic carbocycles. The van der Waals surface area contributed by atoms with Crippen molar-refractivity contribution in [3.63, 3.8) is 0 Å². The van der Waals surface area contributed by atoms with Gasteiger partial charge >= 0.3 is 7.69 Å². The van der Waals surface area contributed by atoms with Crippen LogP contribution >= 0.6 is 0 Å². The van der Waals surface area contributed by atoms with Crippen LogP contribution in [0.4, 0.5) is 17.1 Å². The van der Waals surface area contributed by atoms with E-state index in [1.165, 1.54) is 0 Å². The van der Waals surface area contributed by atoms with E-state index in [-0.39, 0.29) is 0 Å². The first-order valence-electron chi connectivity index (χ1n) is 11.4. The summed E-state index contributed by atoms with van der Waals surface area (Å²) in [6.07, 6.45) is 0. The van der Waals surface area contributed by atoms with Gasteiger partial charge in [-0.1, -0.05) is 66.7 Å². The van der Waals surface area contributed by atoms with Crippen molar-refractivity contribution in [3.8, 4) is 16.9 Å². The van der Waals surface area contributed by atoms with Crippen molar-refractivity contribution in [1.82, 2.24) is 0 Å². The van der Waals surface area contributed by atoms with Gasteiger partial charge in [0, 0.05) is 33.4 Å². The van der Waals surface area contributed by atoms with Gasteiger partial charge in [-0.2, -0.15) is 0 Å². The molecule has 1 N–H and O–H groups in total. The number of hydrogen-bond acceptors (Lipinski definition) is 4. The van der Waals surface area contributed by atoms with Crippen molar-refractivity contribution in [2.24, 2.45) is 0 Å². The topological polar surface area (TPSA) is 45.8 Å². The van der Waals surface area contributed by atoms with Gasteiger partial charge in [0.25, 0.3) is 0 Å². The average Bonchev–Trinajstić information content (AvgIpc) is 3.30. The highest BCUT2D eigenvalue weighted by Gasteiger charge is 2.15. The maximum absolute atomic E-state index is 8.92. The number of hydrogen-bond donors (Lipinski definition) is 1. The molecule has 6 rings (SSSR count). The molecule has 0 fully saturated rings. The molecule has 0 spiro atoms. The molecule has 0 aliphatic heterocycles. The molecule has 0 atom stereocenters. The van der Waals surface area contributed by atoms with E-state index in [9.17, 15) is 0 Å². The van der Waals surface area contributed by atoms with E-state index in [1.807, 2.05) is 60.7 Å². The molecule has 5 heteroatoms. The van der Waals surface area contributed by atoms with Gasteiger partial charge in [0.1, 0.15) is 16.9 Å². The Kier molecular flexibility index (Phi) is 5.45. The molecule has 0 saturated carbocycles. The highest BCUT2D eigenvalue weighted by molar-refractivity contribution is 6.17. The molecule has 0 saturated heterocycles. The van der Waals surface area contributed by atoms with Crippen LogP contribution in [0.3, 0.4) is 0 Å². The van der Waals surface area contributed by atoms with Crippen molar-refractivity contribution in [3.05, 3.63) is 121 Å². The molecule has 5 aromatic carbocycles. The molecule has 6 aromatic rings. The Balaban J connectivity index is 1.42. The van der Waals surface area contributed by atoms with E-state index in [0.29, 0.717) is 13.4 Å². The largest absolute Gasteiger partial charge is 0.569 e. The van der Waals surface area contributed by atoms with E-state index < -0.39 is 0 Å². The molecule has 0 unspecified atom stereocenters. The Morgan fingerprint density at radius 3 is 1.97 bits per heavy atom. The van der Waals surface area contributed by atoms with Crippen LogP contribution in [0.1, 0.15) is 0 Å². The number of nitrogens with zero attached hydrogens (tertiary/aromatic N) is 1. The third-order valence-corrected chi connectivity index (χ3v) is 6.14. The van der Waals surface area contributed by atoms with Gasteiger partial charge in [0.05, 0.1) is 0 Å². The standard InChI is InChI=1S/C30H21BNO3/c33-31-35-25-19-17-24(18-20-25)32(22-7-2-1-3-8-22)23-15-13-21(14-16-23)26-10-6-11-28-27-9-4-5-12-29(27)34-30(26)28/h1-20,33H. The van der Waals surface area contributed by atoms with Crippen LogP contribution in [-0.4, -0.2) is 12.7 Å². The first-order chi connectivity index (χ1) is 17.3. The lowest BCUT2D eigenvalue weighted by Crippen LogP contribution is -2.09. The van der Waals surface area contributed by atoms with Crippen LogP contribution in [0.2, 0.25) is 0 Å². The van der Waals surface area contributed by atoms with E-state index in [1.54, 1.807) is 0 Å². The summed E-state index contributed by atoms with van der Waals surface area (Å²) in [6, 6.07) is 40.7. The summed E-state index contributed by atoms with van der Waals surface area (Å²) >= 11 is 0. The Morgan fingerprint density at radius 2 is 1.23 bits per heavy atom. The van der Waals surface area contributed by atoms with E-state index in [2.05, 4.69) is 65.6 Å². The van der Waals surface area contributed by atoms with Crippen LogP contribution in [0.25, 0.3) is 33.1 Å². The number of benzene rings is 5. The van der Waals surface area contributed by atoms with Gasteiger partial charge < -0.3 is 19.0 Å². The Labute approximate surface area is 203 Å². The van der Waals surface area contributed by atoms with Crippen LogP contribution in [0.5, 0.6) is 5.75 Å². The summed E-state index contributed by atoms with van der Waals surface area (Å²) in [5, 5.41) is 11.2. The quantitative estimate of drug-likeness (QED) is 0.263. The number of furan rings is 1. The second kappa shape index (κ2) is 9.05. The summed E-state index contributed by atoms with van der Waals surface area (Å²) < 4.78 is 11.3. The molecule has 1 aromatic heterocycles. The smallest absolute Gasteiger partial charge is 0.537 e. The van der Waals surface area contributed by atoms with Gasteiger partial charge in [-0.05, 0) is 60.2 Å². The monoisotopic (exact) mass is 454 g/mol. The number of rotatable bonds is 6. The van der Waals surface area contributed by atoms with Crippen molar-refractivity contribution in [2.45, 2.75) is 0 Å². The minimum atomic E-state index is 0.568. The Bertz CT molecular complexity index is 1590. The van der Waals surface area contributed by atoms with E-state index in [0.717, 1.165) is 50.1 Å². The van der Waals surface area contributed by atoms with Gasteiger partial charge in [-0.15, -0.1) is 0 Å². The Morgan fingerprint density at radius 1 is 0.600 bits per heavy atom. The fourth-order valence-corrected chi connectivity index (χ4v) is 4.52. The second-order valence-corrected chi connectivity index (χ2v) is 8.22. The first-order valence-corrected chi connectivity index (χ1v) is 11.4. The summed E-state index contributed by atoms with van der Waals surface area (Å²) in [4.78, 5) is 2.18. The first kappa shape index (κ1) is 21.1. The van der Waals surface area contributed by atoms with Crippen molar-refractivity contribution >= 4 is 46.7 Å². The van der Waals surface area contributed by atoms with Crippen molar-refractivity contribution in [2.75, 3.05) is 4.90 Å². The predicted octanol–water partition coefficient (Wildman–Crippen LogP) is 7.63. The van der Waals surface area contributed by atoms with Crippen LogP contribution in [0.15, 0.2) is 126 Å². The van der Waals surface area contributed by atoms with Crippen LogP contribution in [-0.2, 0) is 0 Å². The number of fused-ring (bicyclic) bond motifs is 3. The Hall–Kier alpha value is -4.48. The molecule has 1 heterocycles. The number of para-hydroxylation sites is 3. The summed E-state index contributed by atoms with van der Waals surface area (Å²) in [6.45, 7) is 0. The molecule has 4 nitrogen and oxygen atoms in total. The SMILES string of the molecule is O[B]Oc1ccc(N(c2ccccc2)c2ccc(-c3cccc4c3oc3ccccc34)cc2)cc1. The second-order valence-electron chi connectivity index (χ2n) is 8.22. The van der Waals surface area contributed by atoms with Gasteiger partial charge in [-0.3, -0.25) is 0 Å². The van der Waals surface area contributed by atoms with Crippen LogP contribution in [0, 0.1) is 0 Å². The fourth-order valence-electron chi connectivity index (χ4n) is 4.52.